The fourth-order valence-corrected chi connectivity index (χ4v) is 1.49. The summed E-state index contributed by atoms with van der Waals surface area (Å²) < 4.78 is 53.4. The van der Waals surface area contributed by atoms with Crippen LogP contribution in [0.4, 0.5) is 17.6 Å². The van der Waals surface area contributed by atoms with Crippen LogP contribution in [0.25, 0.3) is 0 Å². The van der Waals surface area contributed by atoms with Crippen LogP contribution in [0.3, 0.4) is 0 Å². The highest BCUT2D eigenvalue weighted by Gasteiger charge is 2.43. The number of hydrogen-bond acceptors (Lipinski definition) is 2. The molecule has 0 aliphatic carbocycles. The van der Waals surface area contributed by atoms with E-state index in [-0.39, 0.29) is 24.2 Å². The Balaban J connectivity index is 0.00000324. The van der Waals surface area contributed by atoms with Gasteiger partial charge in [0.1, 0.15) is 5.75 Å². The third-order valence-electron chi connectivity index (χ3n) is 2.39. The van der Waals surface area contributed by atoms with Gasteiger partial charge in [-0.05, 0) is 24.1 Å². The van der Waals surface area contributed by atoms with Gasteiger partial charge in [-0.3, -0.25) is 0 Å². The minimum absolute atomic E-state index is 0. The highest BCUT2D eigenvalue weighted by Crippen LogP contribution is 2.29. The number of ether oxygens (including phenoxy) is 1. The van der Waals surface area contributed by atoms with E-state index in [1.54, 1.807) is 6.07 Å². The average Bonchev–Trinajstić information content (AvgIpc) is 2.29. The summed E-state index contributed by atoms with van der Waals surface area (Å²) in [6.45, 7) is 1.94. The molecular weight excluding hydrogens is 286 g/mol. The minimum atomic E-state index is -4.49. The first-order chi connectivity index (χ1) is 8.36. The first-order valence-corrected chi connectivity index (χ1v) is 5.57. The molecule has 19 heavy (non-hydrogen) atoms. The normalized spacial score (nSPS) is 13.0. The zero-order valence-electron chi connectivity index (χ0n) is 10.3. The summed E-state index contributed by atoms with van der Waals surface area (Å²) in [5.74, 6) is -0.315. The molecule has 1 aromatic rings. The van der Waals surface area contributed by atoms with Crippen LogP contribution < -0.4 is 10.5 Å². The Bertz CT molecular complexity index is 390. The van der Waals surface area contributed by atoms with Crippen molar-refractivity contribution < 1.29 is 22.3 Å². The van der Waals surface area contributed by atoms with E-state index in [9.17, 15) is 17.6 Å². The van der Waals surface area contributed by atoms with Gasteiger partial charge in [0, 0.05) is 6.04 Å². The summed E-state index contributed by atoms with van der Waals surface area (Å²) in [6, 6.07) is 5.23. The van der Waals surface area contributed by atoms with Crippen molar-refractivity contribution in [2.24, 2.45) is 5.73 Å². The van der Waals surface area contributed by atoms with Crippen molar-refractivity contribution >= 4 is 12.4 Å². The molecule has 0 amide bonds. The standard InChI is InChI=1S/C12H15F4NO.ClH/c1-2-4-10(17)8-5-3-6-9(7-8)18-12(15,16)11(13)14;/h3,5-7,10-11H,2,4,17H2,1H3;1H/t10-;/m0./s1. The van der Waals surface area contributed by atoms with Crippen molar-refractivity contribution in [3.63, 3.8) is 0 Å². The Kier molecular flexibility index (Phi) is 7.15. The monoisotopic (exact) mass is 301 g/mol. The lowest BCUT2D eigenvalue weighted by Gasteiger charge is -2.18. The third-order valence-corrected chi connectivity index (χ3v) is 2.39. The summed E-state index contributed by atoms with van der Waals surface area (Å²) in [5.41, 5.74) is 6.39. The van der Waals surface area contributed by atoms with Gasteiger partial charge in [-0.15, -0.1) is 12.4 Å². The molecule has 1 aromatic carbocycles. The Morgan fingerprint density at radius 3 is 2.47 bits per heavy atom. The molecule has 1 rings (SSSR count). The fraction of sp³-hybridized carbons (Fsp3) is 0.500. The second-order valence-corrected chi connectivity index (χ2v) is 3.93. The maximum Gasteiger partial charge on any atom is 0.461 e. The third kappa shape index (κ3) is 5.24. The van der Waals surface area contributed by atoms with E-state index in [2.05, 4.69) is 4.74 Å². The molecule has 2 nitrogen and oxygen atoms in total. The van der Waals surface area contributed by atoms with E-state index >= 15 is 0 Å². The van der Waals surface area contributed by atoms with Crippen LogP contribution in [0.1, 0.15) is 31.4 Å². The van der Waals surface area contributed by atoms with Gasteiger partial charge in [0.15, 0.2) is 0 Å². The van der Waals surface area contributed by atoms with Crippen molar-refractivity contribution in [1.29, 1.82) is 0 Å². The van der Waals surface area contributed by atoms with Crippen molar-refractivity contribution in [3.8, 4) is 5.75 Å². The largest absolute Gasteiger partial charge is 0.461 e. The Morgan fingerprint density at radius 2 is 1.95 bits per heavy atom. The number of hydrogen-bond donors (Lipinski definition) is 1. The van der Waals surface area contributed by atoms with Crippen molar-refractivity contribution in [2.75, 3.05) is 0 Å². The van der Waals surface area contributed by atoms with E-state index < -0.39 is 12.5 Å². The lowest BCUT2D eigenvalue weighted by Crippen LogP contribution is -2.33. The predicted octanol–water partition coefficient (Wildman–Crippen LogP) is 4.15. The molecule has 0 radical (unpaired) electrons. The summed E-state index contributed by atoms with van der Waals surface area (Å²) >= 11 is 0. The second kappa shape index (κ2) is 7.55. The molecule has 0 aromatic heterocycles. The molecule has 0 saturated carbocycles. The van der Waals surface area contributed by atoms with Gasteiger partial charge in [-0.25, -0.2) is 0 Å². The first kappa shape index (κ1) is 18.0. The topological polar surface area (TPSA) is 35.2 Å². The van der Waals surface area contributed by atoms with Gasteiger partial charge in [0.25, 0.3) is 0 Å². The number of alkyl halides is 4. The van der Waals surface area contributed by atoms with Crippen LogP contribution in [-0.4, -0.2) is 12.5 Å². The molecule has 0 saturated heterocycles. The number of halogens is 5. The van der Waals surface area contributed by atoms with Crippen LogP contribution in [0.5, 0.6) is 5.75 Å². The second-order valence-electron chi connectivity index (χ2n) is 3.93. The number of nitrogens with two attached hydrogens (primary N) is 1. The van der Waals surface area contributed by atoms with Crippen LogP contribution >= 0.6 is 12.4 Å². The Morgan fingerprint density at radius 1 is 1.32 bits per heavy atom. The maximum absolute atomic E-state index is 12.7. The average molecular weight is 302 g/mol. The van der Waals surface area contributed by atoms with Gasteiger partial charge in [0.05, 0.1) is 0 Å². The molecule has 0 heterocycles. The molecule has 0 unspecified atom stereocenters. The van der Waals surface area contributed by atoms with Crippen LogP contribution in [-0.2, 0) is 0 Å². The molecule has 0 fully saturated rings. The van der Waals surface area contributed by atoms with Crippen LogP contribution in [0, 0.1) is 0 Å². The van der Waals surface area contributed by atoms with Crippen molar-refractivity contribution in [2.45, 2.75) is 38.3 Å². The smallest absolute Gasteiger partial charge is 0.428 e. The highest BCUT2D eigenvalue weighted by molar-refractivity contribution is 5.85. The minimum Gasteiger partial charge on any atom is -0.428 e. The van der Waals surface area contributed by atoms with Crippen molar-refractivity contribution in [3.05, 3.63) is 29.8 Å². The van der Waals surface area contributed by atoms with Crippen LogP contribution in [0.2, 0.25) is 0 Å². The molecule has 0 aliphatic heterocycles. The summed E-state index contributed by atoms with van der Waals surface area (Å²) in [5, 5.41) is 0. The van der Waals surface area contributed by atoms with Crippen LogP contribution in [0.15, 0.2) is 24.3 Å². The molecule has 0 spiro atoms. The van der Waals surface area contributed by atoms with Gasteiger partial charge >= 0.3 is 12.5 Å². The zero-order chi connectivity index (χ0) is 13.8. The molecule has 0 bridgehead atoms. The lowest BCUT2D eigenvalue weighted by atomic mass is 10.0. The number of rotatable bonds is 6. The lowest BCUT2D eigenvalue weighted by molar-refractivity contribution is -0.253. The zero-order valence-corrected chi connectivity index (χ0v) is 11.1. The molecule has 0 aliphatic rings. The van der Waals surface area contributed by atoms with E-state index in [0.717, 1.165) is 6.42 Å². The summed E-state index contributed by atoms with van der Waals surface area (Å²) in [7, 11) is 0. The van der Waals surface area contributed by atoms with E-state index in [4.69, 9.17) is 5.73 Å². The molecule has 2 N–H and O–H groups in total. The molecule has 110 valence electrons. The van der Waals surface area contributed by atoms with Crippen molar-refractivity contribution in [1.82, 2.24) is 0 Å². The van der Waals surface area contributed by atoms with Gasteiger partial charge in [-0.1, -0.05) is 25.5 Å². The quantitative estimate of drug-likeness (QED) is 0.801. The van der Waals surface area contributed by atoms with E-state index in [1.165, 1.54) is 18.2 Å². The Labute approximate surface area is 115 Å². The fourth-order valence-electron chi connectivity index (χ4n) is 1.49. The van der Waals surface area contributed by atoms with Gasteiger partial charge in [-0.2, -0.15) is 17.6 Å². The Hall–Kier alpha value is -1.01. The van der Waals surface area contributed by atoms with E-state index in [0.29, 0.717) is 12.0 Å². The maximum atomic E-state index is 12.7. The molecule has 7 heteroatoms. The predicted molar refractivity (Wildman–Crippen MR) is 67.1 cm³/mol. The SMILES string of the molecule is CCC[C@H](N)c1cccc(OC(F)(F)C(F)F)c1.Cl. The first-order valence-electron chi connectivity index (χ1n) is 5.57. The van der Waals surface area contributed by atoms with Gasteiger partial charge < -0.3 is 10.5 Å². The summed E-state index contributed by atoms with van der Waals surface area (Å²) in [4.78, 5) is 0. The summed E-state index contributed by atoms with van der Waals surface area (Å²) in [6.07, 6.45) is -6.85. The van der Waals surface area contributed by atoms with E-state index in [1.807, 2.05) is 6.92 Å². The molecular formula is C12H16ClF4NO. The highest BCUT2D eigenvalue weighted by atomic mass is 35.5. The number of benzene rings is 1. The molecule has 1 atom stereocenters. The van der Waals surface area contributed by atoms with Gasteiger partial charge in [0.2, 0.25) is 0 Å².